The largest absolute Gasteiger partial charge is 0.616 e. The lowest BCUT2D eigenvalue weighted by atomic mass is 10.1. The molecule has 0 aromatic rings. The summed E-state index contributed by atoms with van der Waals surface area (Å²) in [6, 6.07) is 3.32. The fourth-order valence-corrected chi connectivity index (χ4v) is 1.79. The number of methoxy groups -OCH3 is 1. The average molecular weight is 250 g/mol. The van der Waals surface area contributed by atoms with Crippen LogP contribution in [0.3, 0.4) is 0 Å². The van der Waals surface area contributed by atoms with Crippen LogP contribution < -0.4 is 14.8 Å². The number of hydrogen-bond acceptors (Lipinski definition) is 5. The van der Waals surface area contributed by atoms with Gasteiger partial charge in [0.1, 0.15) is 24.0 Å². The third kappa shape index (κ3) is 1.85. The zero-order valence-electron chi connectivity index (χ0n) is 10.7. The minimum atomic E-state index is 0.155. The van der Waals surface area contributed by atoms with Crippen molar-refractivity contribution in [3.63, 3.8) is 0 Å². The molecule has 0 bridgehead atoms. The van der Waals surface area contributed by atoms with E-state index in [9.17, 15) is 5.21 Å². The summed E-state index contributed by atoms with van der Waals surface area (Å²) in [5.74, 6) is 1.26. The van der Waals surface area contributed by atoms with Gasteiger partial charge in [-0.05, 0) is 6.92 Å². The predicted molar refractivity (Wildman–Crippen MR) is 62.9 cm³/mol. The van der Waals surface area contributed by atoms with Crippen LogP contribution in [0.15, 0.2) is 21.7 Å². The summed E-state index contributed by atoms with van der Waals surface area (Å²) >= 11 is 0. The first kappa shape index (κ1) is 12.2. The molecule has 0 unspecified atom stereocenters. The highest BCUT2D eigenvalue weighted by Crippen LogP contribution is 2.28. The molecule has 96 valence electrons. The monoisotopic (exact) mass is 250 g/mol. The Balaban J connectivity index is 2.96. The lowest BCUT2D eigenvalue weighted by Crippen LogP contribution is -2.37. The first-order valence-electron chi connectivity index (χ1n) is 5.37. The molecule has 0 saturated heterocycles. The van der Waals surface area contributed by atoms with Crippen LogP contribution in [-0.4, -0.2) is 14.2 Å². The molecule has 0 aromatic heterocycles. The van der Waals surface area contributed by atoms with Crippen molar-refractivity contribution in [1.29, 1.82) is 0 Å². The van der Waals surface area contributed by atoms with E-state index in [-0.39, 0.29) is 5.89 Å². The summed E-state index contributed by atoms with van der Waals surface area (Å²) in [5.41, 5.74) is 0.959. The molecular formula is C12H14N2O4. The van der Waals surface area contributed by atoms with Gasteiger partial charge in [-0.15, -0.1) is 4.73 Å². The Morgan fingerprint density at radius 1 is 1.28 bits per heavy atom. The number of ether oxygens (including phenoxy) is 1. The second-order valence-electron chi connectivity index (χ2n) is 3.84. The predicted octanol–water partition coefficient (Wildman–Crippen LogP) is 1.11. The molecule has 18 heavy (non-hydrogen) atoms. The Morgan fingerprint density at radius 3 is 2.61 bits per heavy atom. The van der Waals surface area contributed by atoms with Crippen LogP contribution in [0.1, 0.15) is 11.5 Å². The van der Waals surface area contributed by atoms with Crippen LogP contribution >= 0.6 is 0 Å². The molecule has 0 fully saturated rings. The smallest absolute Gasteiger partial charge is 0.398 e. The fraction of sp³-hybridized carbons (Fsp3) is 0.333. The highest BCUT2D eigenvalue weighted by atomic mass is 16.6. The first-order valence-corrected chi connectivity index (χ1v) is 5.37. The van der Waals surface area contributed by atoms with Crippen molar-refractivity contribution in [1.82, 2.24) is 0 Å². The maximum Gasteiger partial charge on any atom is 0.398 e. The van der Waals surface area contributed by atoms with E-state index in [1.807, 2.05) is 0 Å². The van der Waals surface area contributed by atoms with Crippen molar-refractivity contribution in [2.45, 2.75) is 13.8 Å². The van der Waals surface area contributed by atoms with Crippen LogP contribution in [0.2, 0.25) is 0 Å². The topological polar surface area (TPSA) is 70.9 Å². The van der Waals surface area contributed by atoms with Gasteiger partial charge in [0.2, 0.25) is 0 Å². The van der Waals surface area contributed by atoms with Crippen LogP contribution in [-0.2, 0) is 4.84 Å². The molecule has 0 atom stereocenters. The average Bonchev–Trinajstić information content (AvgIpc) is 2.34. The molecule has 6 nitrogen and oxygen atoms in total. The number of aryl methyl sites for hydroxylation is 2. The van der Waals surface area contributed by atoms with Gasteiger partial charge in [0, 0.05) is 19.1 Å². The van der Waals surface area contributed by atoms with Crippen molar-refractivity contribution in [2.24, 2.45) is 5.16 Å². The van der Waals surface area contributed by atoms with E-state index in [1.54, 1.807) is 26.0 Å². The van der Waals surface area contributed by atoms with E-state index in [0.717, 1.165) is 0 Å². The van der Waals surface area contributed by atoms with Crippen molar-refractivity contribution in [3.05, 3.63) is 34.2 Å². The summed E-state index contributed by atoms with van der Waals surface area (Å²) in [4.78, 5) is 4.78. The highest BCUT2D eigenvalue weighted by molar-refractivity contribution is 5.61. The normalized spacial score (nSPS) is 11.9. The van der Waals surface area contributed by atoms with Gasteiger partial charge in [-0.25, -0.2) is 0 Å². The molecule has 0 aromatic carbocycles. The molecule has 2 aliphatic heterocycles. The molecule has 0 spiro atoms. The quantitative estimate of drug-likeness (QED) is 0.454. The van der Waals surface area contributed by atoms with Crippen molar-refractivity contribution >= 4 is 0 Å². The minimum absolute atomic E-state index is 0.155. The van der Waals surface area contributed by atoms with Gasteiger partial charge >= 0.3 is 5.89 Å². The zero-order valence-corrected chi connectivity index (χ0v) is 10.7. The second kappa shape index (κ2) is 4.56. The van der Waals surface area contributed by atoms with Gasteiger partial charge < -0.3 is 19.2 Å². The SMILES string of the molecule is CO/N=c1\cc(C)[n+]([O-])c2oc(C)cc(OC)c1-2. The number of nitrogens with zero attached hydrogens (tertiary/aromatic N) is 2. The molecule has 0 saturated carbocycles. The Labute approximate surface area is 104 Å². The molecule has 0 radical (unpaired) electrons. The Morgan fingerprint density at radius 2 is 2.00 bits per heavy atom. The van der Waals surface area contributed by atoms with Crippen molar-refractivity contribution in [2.75, 3.05) is 14.2 Å². The third-order valence-electron chi connectivity index (χ3n) is 2.57. The molecule has 0 aliphatic carbocycles. The fourth-order valence-electron chi connectivity index (χ4n) is 1.79. The Hall–Kier alpha value is -2.24. The first-order chi connectivity index (χ1) is 8.58. The van der Waals surface area contributed by atoms with Gasteiger partial charge in [-0.3, -0.25) is 0 Å². The molecule has 2 heterocycles. The van der Waals surface area contributed by atoms with Gasteiger partial charge in [0.05, 0.1) is 7.11 Å². The van der Waals surface area contributed by atoms with E-state index in [0.29, 0.717) is 32.9 Å². The lowest BCUT2D eigenvalue weighted by Gasteiger charge is -2.12. The van der Waals surface area contributed by atoms with Crippen LogP contribution in [0.4, 0.5) is 0 Å². The van der Waals surface area contributed by atoms with Gasteiger partial charge in [0.15, 0.2) is 11.3 Å². The van der Waals surface area contributed by atoms with E-state index in [2.05, 4.69) is 5.16 Å². The minimum Gasteiger partial charge on any atom is -0.616 e. The summed E-state index contributed by atoms with van der Waals surface area (Å²) < 4.78 is 11.4. The summed E-state index contributed by atoms with van der Waals surface area (Å²) in [7, 11) is 2.97. The van der Waals surface area contributed by atoms with Crippen LogP contribution in [0.5, 0.6) is 5.75 Å². The second-order valence-corrected chi connectivity index (χ2v) is 3.84. The number of hydrogen-bond donors (Lipinski definition) is 0. The molecule has 2 rings (SSSR count). The number of pyridine rings is 1. The Kier molecular flexibility index (Phi) is 3.10. The van der Waals surface area contributed by atoms with Crippen molar-refractivity contribution in [3.8, 4) is 17.2 Å². The van der Waals surface area contributed by atoms with E-state index < -0.39 is 0 Å². The molecule has 0 amide bonds. The van der Waals surface area contributed by atoms with Crippen LogP contribution in [0.25, 0.3) is 11.5 Å². The van der Waals surface area contributed by atoms with Gasteiger partial charge in [-0.2, -0.15) is 0 Å². The number of rotatable bonds is 2. The summed E-state index contributed by atoms with van der Waals surface area (Å²) in [6.07, 6.45) is 0. The molecule has 0 N–H and O–H groups in total. The standard InChI is InChI=1S/C12H14N2O4/c1-7-5-9(13-17-4)11-10(16-3)6-8(2)18-12(11)14(7)15/h5-6H,1-4H3/b13-9+. The highest BCUT2D eigenvalue weighted by Gasteiger charge is 2.25. The van der Waals surface area contributed by atoms with E-state index >= 15 is 0 Å². The molecule has 2 aliphatic rings. The van der Waals surface area contributed by atoms with Gasteiger partial charge in [0.25, 0.3) is 0 Å². The number of aromatic nitrogens is 1. The van der Waals surface area contributed by atoms with Gasteiger partial charge in [-0.1, -0.05) is 5.16 Å². The molecule has 6 heteroatoms. The third-order valence-corrected chi connectivity index (χ3v) is 2.57. The maximum atomic E-state index is 12.0. The van der Waals surface area contributed by atoms with Crippen molar-refractivity contribution < 1.29 is 18.7 Å². The lowest BCUT2D eigenvalue weighted by molar-refractivity contribution is -0.610. The summed E-state index contributed by atoms with van der Waals surface area (Å²) in [5, 5.41) is 16.4. The Bertz CT molecular complexity index is 619. The van der Waals surface area contributed by atoms with E-state index in [1.165, 1.54) is 14.2 Å². The summed E-state index contributed by atoms with van der Waals surface area (Å²) in [6.45, 7) is 3.42. The zero-order chi connectivity index (χ0) is 13.3. The molecular weight excluding hydrogens is 236 g/mol. The maximum absolute atomic E-state index is 12.0. The van der Waals surface area contributed by atoms with E-state index in [4.69, 9.17) is 14.0 Å². The van der Waals surface area contributed by atoms with Crippen LogP contribution in [0, 0.1) is 19.1 Å². The number of fused-ring (bicyclic) bond motifs is 1.